The van der Waals surface area contributed by atoms with Gasteiger partial charge < -0.3 is 10.1 Å². The highest BCUT2D eigenvalue weighted by atomic mass is 32.2. The summed E-state index contributed by atoms with van der Waals surface area (Å²) in [6.07, 6.45) is -0.376. The maximum Gasteiger partial charge on any atom is 0.407 e. The maximum atomic E-state index is 13.0. The van der Waals surface area contributed by atoms with Crippen molar-refractivity contribution in [2.24, 2.45) is 5.92 Å². The van der Waals surface area contributed by atoms with Gasteiger partial charge in [-0.15, -0.1) is 0 Å². The number of nitro groups is 1. The number of sulfonamides is 1. The molecule has 4 rings (SSSR count). The molecule has 10 nitrogen and oxygen atoms in total. The number of nitrogens with zero attached hydrogens (tertiary/aromatic N) is 1. The van der Waals surface area contributed by atoms with Crippen molar-refractivity contribution in [1.82, 2.24) is 10.0 Å². The Morgan fingerprint density at radius 2 is 1.53 bits per heavy atom. The fourth-order valence-corrected chi connectivity index (χ4v) is 5.47. The summed E-state index contributed by atoms with van der Waals surface area (Å²) in [6.45, 7) is 3.54. The van der Waals surface area contributed by atoms with Gasteiger partial charge in [0.15, 0.2) is 0 Å². The smallest absolute Gasteiger partial charge is 0.407 e. The fraction of sp³-hybridized carbons (Fsp3) is 0.259. The van der Waals surface area contributed by atoms with E-state index in [0.29, 0.717) is 6.42 Å². The molecule has 0 bridgehead atoms. The summed E-state index contributed by atoms with van der Waals surface area (Å²) in [4.78, 5) is 35.6. The lowest BCUT2D eigenvalue weighted by atomic mass is 9.98. The van der Waals surface area contributed by atoms with Crippen LogP contribution in [0, 0.1) is 16.0 Å². The van der Waals surface area contributed by atoms with Crippen LogP contribution in [0.25, 0.3) is 11.1 Å². The quantitative estimate of drug-likeness (QED) is 0.305. The summed E-state index contributed by atoms with van der Waals surface area (Å²) in [5.74, 6) is -1.53. The number of amides is 2. The van der Waals surface area contributed by atoms with E-state index in [2.05, 4.69) is 5.32 Å². The molecule has 0 heterocycles. The molecule has 0 radical (unpaired) electrons. The molecule has 1 aliphatic rings. The second kappa shape index (κ2) is 11.0. The zero-order valence-electron chi connectivity index (χ0n) is 20.8. The number of nitrogens with one attached hydrogen (secondary N) is 2. The molecule has 1 aliphatic carbocycles. The van der Waals surface area contributed by atoms with Gasteiger partial charge in [0.05, 0.1) is 9.82 Å². The van der Waals surface area contributed by atoms with Crippen LogP contribution in [0.3, 0.4) is 0 Å². The van der Waals surface area contributed by atoms with Crippen LogP contribution >= 0.6 is 0 Å². The second-order valence-corrected chi connectivity index (χ2v) is 10.7. The number of ether oxygens (including phenoxy) is 1. The van der Waals surface area contributed by atoms with E-state index in [-0.39, 0.29) is 23.1 Å². The van der Waals surface area contributed by atoms with E-state index >= 15 is 0 Å². The van der Waals surface area contributed by atoms with Gasteiger partial charge in [0.1, 0.15) is 12.6 Å². The van der Waals surface area contributed by atoms with E-state index in [9.17, 15) is 28.1 Å². The number of non-ortho nitro benzene ring substituents is 1. The molecule has 38 heavy (non-hydrogen) atoms. The first-order valence-corrected chi connectivity index (χ1v) is 13.5. The van der Waals surface area contributed by atoms with Crippen LogP contribution in [-0.2, 0) is 19.6 Å². The number of nitro benzene ring substituents is 1. The van der Waals surface area contributed by atoms with Gasteiger partial charge in [-0.25, -0.2) is 17.9 Å². The lowest BCUT2D eigenvalue weighted by molar-refractivity contribution is -0.384. The Kier molecular flexibility index (Phi) is 7.77. The Morgan fingerprint density at radius 1 is 0.974 bits per heavy atom. The molecule has 2 amide bonds. The fourth-order valence-electron chi connectivity index (χ4n) is 4.47. The van der Waals surface area contributed by atoms with Gasteiger partial charge in [-0.3, -0.25) is 14.9 Å². The number of benzene rings is 3. The molecule has 3 aromatic rings. The first-order chi connectivity index (χ1) is 18.1. The topological polar surface area (TPSA) is 145 Å². The maximum absolute atomic E-state index is 13.0. The van der Waals surface area contributed by atoms with Crippen molar-refractivity contribution in [3.63, 3.8) is 0 Å². The average molecular weight is 538 g/mol. The number of carbonyl (C=O) groups is 2. The molecular formula is C27H27N3O7S. The van der Waals surface area contributed by atoms with E-state index in [1.807, 2.05) is 53.3 Å². The van der Waals surface area contributed by atoms with Gasteiger partial charge in [-0.05, 0) is 40.3 Å². The van der Waals surface area contributed by atoms with Crippen molar-refractivity contribution >= 4 is 27.7 Å². The molecule has 2 N–H and O–H groups in total. The summed E-state index contributed by atoms with van der Waals surface area (Å²) >= 11 is 0. The predicted molar refractivity (Wildman–Crippen MR) is 140 cm³/mol. The minimum absolute atomic E-state index is 0.0375. The van der Waals surface area contributed by atoms with Gasteiger partial charge in [-0.2, -0.15) is 0 Å². The van der Waals surface area contributed by atoms with Crippen molar-refractivity contribution in [2.75, 3.05) is 6.61 Å². The number of hydrogen-bond acceptors (Lipinski definition) is 7. The van der Waals surface area contributed by atoms with E-state index in [4.69, 9.17) is 4.74 Å². The van der Waals surface area contributed by atoms with Gasteiger partial charge in [0, 0.05) is 18.1 Å². The van der Waals surface area contributed by atoms with E-state index in [1.165, 1.54) is 0 Å². The van der Waals surface area contributed by atoms with Gasteiger partial charge in [0.25, 0.3) is 21.6 Å². The highest BCUT2D eigenvalue weighted by Crippen LogP contribution is 2.44. The Hall–Kier alpha value is -4.25. The molecular weight excluding hydrogens is 510 g/mol. The summed E-state index contributed by atoms with van der Waals surface area (Å²) in [7, 11) is -4.33. The number of alkyl carbamates (subject to hydrolysis) is 1. The van der Waals surface area contributed by atoms with Crippen LogP contribution in [0.15, 0.2) is 77.7 Å². The molecule has 0 saturated heterocycles. The number of fused-ring (bicyclic) bond motifs is 3. The summed E-state index contributed by atoms with van der Waals surface area (Å²) in [5.41, 5.74) is 3.93. The predicted octanol–water partition coefficient (Wildman–Crippen LogP) is 4.35. The largest absolute Gasteiger partial charge is 0.449 e. The van der Waals surface area contributed by atoms with Crippen LogP contribution in [-0.4, -0.2) is 38.0 Å². The van der Waals surface area contributed by atoms with E-state index < -0.39 is 38.9 Å². The highest BCUT2D eigenvalue weighted by molar-refractivity contribution is 7.90. The van der Waals surface area contributed by atoms with Crippen molar-refractivity contribution < 1.29 is 27.7 Å². The van der Waals surface area contributed by atoms with Crippen LogP contribution in [0.1, 0.15) is 37.3 Å². The zero-order valence-corrected chi connectivity index (χ0v) is 21.6. The third-order valence-corrected chi connectivity index (χ3v) is 8.07. The van der Waals surface area contributed by atoms with Crippen LogP contribution in [0.5, 0.6) is 0 Å². The molecule has 3 aromatic carbocycles. The van der Waals surface area contributed by atoms with Crippen molar-refractivity contribution in [3.8, 4) is 11.1 Å². The molecule has 0 unspecified atom stereocenters. The molecule has 2 atom stereocenters. The van der Waals surface area contributed by atoms with Gasteiger partial charge in [-0.1, -0.05) is 68.8 Å². The summed E-state index contributed by atoms with van der Waals surface area (Å²) < 4.78 is 32.9. The lowest BCUT2D eigenvalue weighted by Gasteiger charge is -2.23. The van der Waals surface area contributed by atoms with Crippen molar-refractivity contribution in [2.45, 2.75) is 37.1 Å². The number of hydrogen-bond donors (Lipinski definition) is 2. The zero-order chi connectivity index (χ0) is 27.4. The molecule has 198 valence electrons. The second-order valence-electron chi connectivity index (χ2n) is 9.05. The first kappa shape index (κ1) is 26.8. The molecule has 0 aromatic heterocycles. The van der Waals surface area contributed by atoms with Crippen LogP contribution < -0.4 is 10.0 Å². The molecule has 0 spiro atoms. The molecule has 0 fully saturated rings. The SMILES string of the molecule is CC[C@H](C)[C@H](NC(=O)OCC1c2ccccc2-c2ccccc21)C(=O)NS(=O)(=O)c1ccc([N+](=O)[O-])cc1. The van der Waals surface area contributed by atoms with Crippen molar-refractivity contribution in [1.29, 1.82) is 0 Å². The van der Waals surface area contributed by atoms with Gasteiger partial charge in [0.2, 0.25) is 0 Å². The molecule has 0 saturated carbocycles. The molecule has 11 heteroatoms. The minimum atomic E-state index is -4.33. The van der Waals surface area contributed by atoms with E-state index in [1.54, 1.807) is 13.8 Å². The van der Waals surface area contributed by atoms with E-state index in [0.717, 1.165) is 46.5 Å². The monoisotopic (exact) mass is 537 g/mol. The average Bonchev–Trinajstić information content (AvgIpc) is 3.23. The Balaban J connectivity index is 1.44. The number of rotatable bonds is 9. The third-order valence-electron chi connectivity index (χ3n) is 6.71. The van der Waals surface area contributed by atoms with Gasteiger partial charge >= 0.3 is 6.09 Å². The standard InChI is InChI=1S/C27H27N3O7S/c1-3-17(2)25(26(31)29-38(35,36)19-14-12-18(13-15-19)30(33)34)28-27(32)37-16-24-22-10-6-4-8-20(22)21-9-5-7-11-23(21)24/h4-15,17,24-25H,3,16H2,1-2H3,(H,28,32)(H,29,31)/t17-,25-/m0/s1. The third kappa shape index (κ3) is 5.52. The van der Waals surface area contributed by atoms with Crippen LogP contribution in [0.4, 0.5) is 10.5 Å². The first-order valence-electron chi connectivity index (χ1n) is 12.0. The Labute approximate surface area is 220 Å². The minimum Gasteiger partial charge on any atom is -0.449 e. The molecule has 0 aliphatic heterocycles. The number of carbonyl (C=O) groups excluding carboxylic acids is 2. The van der Waals surface area contributed by atoms with Crippen molar-refractivity contribution in [3.05, 3.63) is 94.0 Å². The Morgan fingerprint density at radius 3 is 2.05 bits per heavy atom. The summed E-state index contributed by atoms with van der Waals surface area (Å²) in [5, 5.41) is 13.3. The summed E-state index contributed by atoms with van der Waals surface area (Å²) in [6, 6.07) is 18.7. The normalized spacial score (nSPS) is 14.1. The lowest BCUT2D eigenvalue weighted by Crippen LogP contribution is -2.51. The highest BCUT2D eigenvalue weighted by Gasteiger charge is 2.32. The Bertz CT molecular complexity index is 1430. The van der Waals surface area contributed by atoms with Crippen LogP contribution in [0.2, 0.25) is 0 Å².